The molecule has 0 bridgehead atoms. The number of hydrogen-bond acceptors (Lipinski definition) is 2. The van der Waals surface area contributed by atoms with Crippen LogP contribution in [0.1, 0.15) is 48.5 Å². The Balaban J connectivity index is 2.80. The molecule has 1 aliphatic rings. The summed E-state index contributed by atoms with van der Waals surface area (Å²) < 4.78 is 12.4. The SMILES string of the molecule is CC(C)(C)C(I)B1OC(C)(C)C(C)(C)O1. The predicted molar refractivity (Wildman–Crippen MR) is 73.3 cm³/mol. The molecule has 1 aliphatic heterocycles. The highest BCUT2D eigenvalue weighted by Gasteiger charge is 2.55. The molecule has 0 aromatic heterocycles. The Kier molecular flexibility index (Phi) is 3.56. The van der Waals surface area contributed by atoms with Gasteiger partial charge in [-0.15, -0.1) is 0 Å². The summed E-state index contributed by atoms with van der Waals surface area (Å²) >= 11 is 2.43. The lowest BCUT2D eigenvalue weighted by molar-refractivity contribution is 0.00578. The van der Waals surface area contributed by atoms with E-state index < -0.39 is 0 Å². The fraction of sp³-hybridized carbons (Fsp3) is 1.00. The van der Waals surface area contributed by atoms with Crippen LogP contribution in [-0.4, -0.2) is 22.1 Å². The second-order valence-corrected chi connectivity index (χ2v) is 7.73. The second-order valence-electron chi connectivity index (χ2n) is 6.39. The molecule has 4 heteroatoms. The minimum atomic E-state index is -0.216. The number of rotatable bonds is 1. The molecular weight excluding hydrogens is 302 g/mol. The third-order valence-corrected chi connectivity index (χ3v) is 5.79. The van der Waals surface area contributed by atoms with E-state index in [1.54, 1.807) is 0 Å². The first-order chi connectivity index (χ1) is 6.47. The van der Waals surface area contributed by atoms with E-state index in [0.717, 1.165) is 0 Å². The van der Waals surface area contributed by atoms with Crippen LogP contribution in [0.5, 0.6) is 0 Å². The first kappa shape index (κ1) is 13.8. The van der Waals surface area contributed by atoms with Crippen molar-refractivity contribution >= 4 is 29.7 Å². The lowest BCUT2D eigenvalue weighted by atomic mass is 9.71. The van der Waals surface area contributed by atoms with Crippen molar-refractivity contribution in [2.45, 2.75) is 63.5 Å². The maximum absolute atomic E-state index is 6.02. The highest BCUT2D eigenvalue weighted by Crippen LogP contribution is 2.42. The van der Waals surface area contributed by atoms with Crippen molar-refractivity contribution in [3.8, 4) is 0 Å². The fourth-order valence-corrected chi connectivity index (χ4v) is 1.71. The van der Waals surface area contributed by atoms with Crippen molar-refractivity contribution in [1.82, 2.24) is 0 Å². The van der Waals surface area contributed by atoms with E-state index in [4.69, 9.17) is 9.31 Å². The Labute approximate surface area is 108 Å². The topological polar surface area (TPSA) is 18.5 Å². The van der Waals surface area contributed by atoms with Crippen LogP contribution in [0.25, 0.3) is 0 Å². The van der Waals surface area contributed by atoms with Crippen molar-refractivity contribution in [2.75, 3.05) is 0 Å². The molecular formula is C11H22BIO2. The Morgan fingerprint density at radius 1 is 1.00 bits per heavy atom. The standard InChI is InChI=1S/C11H22BIO2/c1-9(2,3)8(13)12-14-10(4,5)11(6,7)15-12/h8H,1-7H3. The van der Waals surface area contributed by atoms with E-state index in [-0.39, 0.29) is 23.7 Å². The minimum Gasteiger partial charge on any atom is -0.403 e. The summed E-state index contributed by atoms with van der Waals surface area (Å²) in [5.41, 5.74) is -0.236. The smallest absolute Gasteiger partial charge is 0.403 e. The molecule has 0 radical (unpaired) electrons. The first-order valence-corrected chi connectivity index (χ1v) is 6.72. The molecule has 2 nitrogen and oxygen atoms in total. The summed E-state index contributed by atoms with van der Waals surface area (Å²) in [6, 6.07) is 0. The summed E-state index contributed by atoms with van der Waals surface area (Å²) in [5, 5.41) is 0. The van der Waals surface area contributed by atoms with Crippen LogP contribution >= 0.6 is 22.6 Å². The van der Waals surface area contributed by atoms with Crippen LogP contribution in [0.15, 0.2) is 0 Å². The van der Waals surface area contributed by atoms with Gasteiger partial charge >= 0.3 is 7.12 Å². The molecule has 0 spiro atoms. The molecule has 15 heavy (non-hydrogen) atoms. The van der Waals surface area contributed by atoms with E-state index in [1.165, 1.54) is 0 Å². The molecule has 1 saturated heterocycles. The summed E-state index contributed by atoms with van der Waals surface area (Å²) in [5.74, 6) is 0. The van der Waals surface area contributed by atoms with Gasteiger partial charge in [0.25, 0.3) is 0 Å². The van der Waals surface area contributed by atoms with Gasteiger partial charge in [-0.05, 0) is 33.1 Å². The lowest BCUT2D eigenvalue weighted by Gasteiger charge is -2.32. The Hall–Kier alpha value is 0.715. The zero-order valence-corrected chi connectivity index (χ0v) is 13.0. The van der Waals surface area contributed by atoms with E-state index in [2.05, 4.69) is 71.1 Å². The quantitative estimate of drug-likeness (QED) is 0.418. The molecule has 1 atom stereocenters. The normalized spacial score (nSPS) is 26.8. The summed E-state index contributed by atoms with van der Waals surface area (Å²) in [4.78, 5) is 0. The first-order valence-electron chi connectivity index (χ1n) is 5.47. The zero-order valence-electron chi connectivity index (χ0n) is 10.8. The molecule has 0 aliphatic carbocycles. The zero-order chi connectivity index (χ0) is 12.1. The average Bonchev–Trinajstić information content (AvgIpc) is 2.18. The van der Waals surface area contributed by atoms with Gasteiger partial charge in [0.1, 0.15) is 0 Å². The van der Waals surface area contributed by atoms with E-state index in [0.29, 0.717) is 3.82 Å². The molecule has 0 aromatic rings. The molecule has 88 valence electrons. The van der Waals surface area contributed by atoms with Crippen LogP contribution in [0.2, 0.25) is 0 Å². The van der Waals surface area contributed by atoms with Gasteiger partial charge in [-0.1, -0.05) is 43.4 Å². The molecule has 0 N–H and O–H groups in total. The predicted octanol–water partition coefficient (Wildman–Crippen LogP) is 3.47. The van der Waals surface area contributed by atoms with Crippen molar-refractivity contribution in [1.29, 1.82) is 0 Å². The third kappa shape index (κ3) is 2.69. The molecule has 0 amide bonds. The van der Waals surface area contributed by atoms with Gasteiger partial charge in [0, 0.05) is 0 Å². The van der Waals surface area contributed by atoms with Crippen molar-refractivity contribution in [3.63, 3.8) is 0 Å². The van der Waals surface area contributed by atoms with Gasteiger partial charge in [-0.2, -0.15) is 0 Å². The third-order valence-electron chi connectivity index (χ3n) is 3.34. The molecule has 0 saturated carbocycles. The van der Waals surface area contributed by atoms with Gasteiger partial charge in [0.15, 0.2) is 0 Å². The Morgan fingerprint density at radius 2 is 1.33 bits per heavy atom. The van der Waals surface area contributed by atoms with Crippen molar-refractivity contribution in [2.24, 2.45) is 5.41 Å². The molecule has 1 fully saturated rings. The highest BCUT2D eigenvalue weighted by molar-refractivity contribution is 14.1. The Bertz CT molecular complexity index is 229. The largest absolute Gasteiger partial charge is 0.472 e. The minimum absolute atomic E-state index is 0.101. The second kappa shape index (κ2) is 3.88. The molecule has 1 rings (SSSR count). The van der Waals surface area contributed by atoms with Crippen molar-refractivity contribution in [3.05, 3.63) is 0 Å². The van der Waals surface area contributed by atoms with Gasteiger partial charge in [-0.3, -0.25) is 0 Å². The van der Waals surface area contributed by atoms with Crippen LogP contribution in [0.4, 0.5) is 0 Å². The summed E-state index contributed by atoms with van der Waals surface area (Å²) in [7, 11) is -0.101. The summed E-state index contributed by atoms with van der Waals surface area (Å²) in [6.45, 7) is 15.0. The summed E-state index contributed by atoms with van der Waals surface area (Å²) in [6.07, 6.45) is 0. The van der Waals surface area contributed by atoms with Crippen LogP contribution in [0.3, 0.4) is 0 Å². The number of halogens is 1. The molecule has 0 aromatic carbocycles. The van der Waals surface area contributed by atoms with E-state index in [9.17, 15) is 0 Å². The fourth-order valence-electron chi connectivity index (χ4n) is 1.42. The maximum Gasteiger partial charge on any atom is 0.472 e. The number of hydrogen-bond donors (Lipinski definition) is 0. The maximum atomic E-state index is 6.02. The molecule has 1 heterocycles. The van der Waals surface area contributed by atoms with Gasteiger partial charge in [0.05, 0.1) is 15.0 Å². The molecule has 1 unspecified atom stereocenters. The number of alkyl halides is 1. The van der Waals surface area contributed by atoms with Gasteiger partial charge in [0.2, 0.25) is 0 Å². The van der Waals surface area contributed by atoms with Gasteiger partial charge < -0.3 is 9.31 Å². The lowest BCUT2D eigenvalue weighted by Crippen LogP contribution is -2.41. The highest BCUT2D eigenvalue weighted by atomic mass is 127. The van der Waals surface area contributed by atoms with E-state index >= 15 is 0 Å². The van der Waals surface area contributed by atoms with Crippen molar-refractivity contribution < 1.29 is 9.31 Å². The van der Waals surface area contributed by atoms with Crippen LogP contribution in [0, 0.1) is 5.41 Å². The monoisotopic (exact) mass is 324 g/mol. The van der Waals surface area contributed by atoms with Crippen LogP contribution in [-0.2, 0) is 9.31 Å². The van der Waals surface area contributed by atoms with Crippen LogP contribution < -0.4 is 0 Å². The average molecular weight is 324 g/mol. The Morgan fingerprint density at radius 3 is 1.60 bits per heavy atom. The van der Waals surface area contributed by atoms with E-state index in [1.807, 2.05) is 0 Å². The van der Waals surface area contributed by atoms with Gasteiger partial charge in [-0.25, -0.2) is 0 Å².